The van der Waals surface area contributed by atoms with Gasteiger partial charge in [0.2, 0.25) is 0 Å². The molecular weight excluding hydrogens is 494 g/mol. The number of esters is 1. The highest BCUT2D eigenvalue weighted by Gasteiger charge is 2.59. The molecule has 40 heavy (non-hydrogen) atoms. The standard InChI is InChI=1S/C35H59N3O2/c1-25(2)12-11-13-26(3)30-17-18-31-29-16-15-27-24-28(19-21-34(27,4)32(29)20-22-35(30,31)5)40-33(39)14-9-7-6-8-10-23-37-38-36/h15,25-26,28-32H,6-14,16-24H2,1-5H3/t26-,28?,29?,30-,31?,32?,34+,35-/m1/s1. The van der Waals surface area contributed by atoms with Crippen molar-refractivity contribution in [3.05, 3.63) is 22.1 Å². The lowest BCUT2D eigenvalue weighted by Gasteiger charge is -2.58. The summed E-state index contributed by atoms with van der Waals surface area (Å²) < 4.78 is 6.02. The first-order chi connectivity index (χ1) is 19.2. The number of rotatable bonds is 14. The fourth-order valence-electron chi connectivity index (χ4n) is 10.0. The van der Waals surface area contributed by atoms with Gasteiger partial charge in [0.05, 0.1) is 0 Å². The molecule has 0 aromatic rings. The Kier molecular flexibility index (Phi) is 11.1. The SMILES string of the molecule is CC(C)CCC[C@@H](C)[C@H]1CCC2C3CC=C4CC(OC(=O)CCCCCCCN=[N+]=[N-])CC[C@]4(C)C3CC[C@@]21C. The number of hydrogen-bond acceptors (Lipinski definition) is 3. The van der Waals surface area contributed by atoms with Crippen LogP contribution in [0.1, 0.15) is 144 Å². The van der Waals surface area contributed by atoms with Crippen LogP contribution in [0, 0.1) is 46.3 Å². The summed E-state index contributed by atoms with van der Waals surface area (Å²) in [7, 11) is 0. The second-order valence-corrected chi connectivity index (χ2v) is 15.1. The van der Waals surface area contributed by atoms with Gasteiger partial charge in [-0.05, 0) is 110 Å². The average molecular weight is 554 g/mol. The fraction of sp³-hybridized carbons (Fsp3) is 0.914. The second-order valence-electron chi connectivity index (χ2n) is 15.1. The van der Waals surface area contributed by atoms with Crippen LogP contribution in [0.5, 0.6) is 0 Å². The lowest BCUT2D eigenvalue weighted by molar-refractivity contribution is -0.151. The number of fused-ring (bicyclic) bond motifs is 5. The number of nitrogens with zero attached hydrogens (tertiary/aromatic N) is 3. The lowest BCUT2D eigenvalue weighted by atomic mass is 9.47. The van der Waals surface area contributed by atoms with E-state index in [1.807, 2.05) is 0 Å². The van der Waals surface area contributed by atoms with Gasteiger partial charge in [-0.3, -0.25) is 4.79 Å². The van der Waals surface area contributed by atoms with E-state index in [2.05, 4.69) is 50.7 Å². The third-order valence-corrected chi connectivity index (χ3v) is 12.3. The van der Waals surface area contributed by atoms with Crippen LogP contribution in [0.2, 0.25) is 0 Å². The zero-order valence-electron chi connectivity index (χ0n) is 26.5. The summed E-state index contributed by atoms with van der Waals surface area (Å²) in [5, 5.41) is 3.58. The van der Waals surface area contributed by atoms with E-state index in [0.29, 0.717) is 23.8 Å². The number of ether oxygens (including phenoxy) is 1. The number of hydrogen-bond donors (Lipinski definition) is 0. The van der Waals surface area contributed by atoms with E-state index in [4.69, 9.17) is 10.3 Å². The molecule has 0 aromatic carbocycles. The molecule has 4 aliphatic carbocycles. The molecule has 3 fully saturated rings. The lowest BCUT2D eigenvalue weighted by Crippen LogP contribution is -2.51. The highest BCUT2D eigenvalue weighted by molar-refractivity contribution is 5.69. The van der Waals surface area contributed by atoms with Crippen molar-refractivity contribution in [2.24, 2.45) is 51.5 Å². The minimum absolute atomic E-state index is 0.00934. The van der Waals surface area contributed by atoms with E-state index in [9.17, 15) is 4.79 Å². The zero-order valence-corrected chi connectivity index (χ0v) is 26.5. The van der Waals surface area contributed by atoms with Crippen molar-refractivity contribution >= 4 is 5.97 Å². The maximum atomic E-state index is 12.6. The quantitative estimate of drug-likeness (QED) is 0.0535. The van der Waals surface area contributed by atoms with Crippen LogP contribution in [0.4, 0.5) is 0 Å². The van der Waals surface area contributed by atoms with Crippen molar-refractivity contribution in [1.82, 2.24) is 0 Å². The molecule has 226 valence electrons. The summed E-state index contributed by atoms with van der Waals surface area (Å²) in [5.41, 5.74) is 10.8. The minimum Gasteiger partial charge on any atom is -0.462 e. The van der Waals surface area contributed by atoms with Crippen LogP contribution in [0.15, 0.2) is 16.8 Å². The van der Waals surface area contributed by atoms with Gasteiger partial charge < -0.3 is 4.74 Å². The molecule has 0 spiro atoms. The summed E-state index contributed by atoms with van der Waals surface area (Å²) >= 11 is 0. The molecule has 5 nitrogen and oxygen atoms in total. The first kappa shape index (κ1) is 31.5. The third kappa shape index (κ3) is 7.11. The first-order valence-electron chi connectivity index (χ1n) is 17.1. The molecule has 5 heteroatoms. The summed E-state index contributed by atoms with van der Waals surface area (Å²) in [4.78, 5) is 15.4. The molecule has 0 radical (unpaired) electrons. The van der Waals surface area contributed by atoms with E-state index >= 15 is 0 Å². The molecule has 4 rings (SSSR count). The van der Waals surface area contributed by atoms with Gasteiger partial charge >= 0.3 is 5.97 Å². The normalized spacial score (nSPS) is 35.6. The highest BCUT2D eigenvalue weighted by Crippen LogP contribution is 2.67. The molecule has 4 unspecified atom stereocenters. The Hall–Kier alpha value is -1.48. The van der Waals surface area contributed by atoms with Crippen LogP contribution in [0.3, 0.4) is 0 Å². The molecule has 0 heterocycles. The number of carbonyl (C=O) groups excluding carboxylic acids is 1. The van der Waals surface area contributed by atoms with Crippen molar-refractivity contribution in [3.63, 3.8) is 0 Å². The summed E-state index contributed by atoms with van der Waals surface area (Å²) in [6.07, 6.45) is 22.6. The minimum atomic E-state index is -0.00934. The Morgan fingerprint density at radius 2 is 1.77 bits per heavy atom. The van der Waals surface area contributed by atoms with E-state index in [0.717, 1.165) is 80.5 Å². The smallest absolute Gasteiger partial charge is 0.306 e. The maximum absolute atomic E-state index is 12.6. The number of azide groups is 1. The predicted molar refractivity (Wildman–Crippen MR) is 165 cm³/mol. The van der Waals surface area contributed by atoms with Crippen LogP contribution in [0.25, 0.3) is 10.4 Å². The van der Waals surface area contributed by atoms with Crippen LogP contribution < -0.4 is 0 Å². The molecule has 0 amide bonds. The molecule has 0 saturated heterocycles. The Morgan fingerprint density at radius 3 is 2.55 bits per heavy atom. The van der Waals surface area contributed by atoms with E-state index in [1.165, 1.54) is 57.8 Å². The molecule has 0 N–H and O–H groups in total. The van der Waals surface area contributed by atoms with Crippen molar-refractivity contribution in [2.75, 3.05) is 6.54 Å². The van der Waals surface area contributed by atoms with Gasteiger partial charge in [-0.2, -0.15) is 0 Å². The fourth-order valence-corrected chi connectivity index (χ4v) is 10.0. The molecule has 0 bridgehead atoms. The van der Waals surface area contributed by atoms with E-state index in [-0.39, 0.29) is 12.1 Å². The Labute approximate surface area is 245 Å². The molecule has 0 aliphatic heterocycles. The highest BCUT2D eigenvalue weighted by atomic mass is 16.5. The number of unbranched alkanes of at least 4 members (excludes halogenated alkanes) is 4. The predicted octanol–water partition coefficient (Wildman–Crippen LogP) is 10.6. The summed E-state index contributed by atoms with van der Waals surface area (Å²) in [6, 6.07) is 0. The van der Waals surface area contributed by atoms with Gasteiger partial charge in [-0.1, -0.05) is 89.9 Å². The van der Waals surface area contributed by atoms with Crippen LogP contribution in [-0.2, 0) is 9.53 Å². The van der Waals surface area contributed by atoms with E-state index in [1.54, 1.807) is 5.57 Å². The molecular formula is C35H59N3O2. The van der Waals surface area contributed by atoms with Gasteiger partial charge in [0.25, 0.3) is 0 Å². The van der Waals surface area contributed by atoms with Crippen molar-refractivity contribution in [2.45, 2.75) is 150 Å². The van der Waals surface area contributed by atoms with Gasteiger partial charge in [0.1, 0.15) is 6.10 Å². The van der Waals surface area contributed by atoms with Crippen molar-refractivity contribution in [1.29, 1.82) is 0 Å². The van der Waals surface area contributed by atoms with Crippen molar-refractivity contribution < 1.29 is 9.53 Å². The maximum Gasteiger partial charge on any atom is 0.306 e. The second kappa shape index (κ2) is 14.1. The Morgan fingerprint density at radius 1 is 1.00 bits per heavy atom. The summed E-state index contributed by atoms with van der Waals surface area (Å²) in [5.74, 6) is 5.16. The van der Waals surface area contributed by atoms with E-state index < -0.39 is 0 Å². The van der Waals surface area contributed by atoms with Crippen LogP contribution in [-0.4, -0.2) is 18.6 Å². The molecule has 4 aliphatic rings. The average Bonchev–Trinajstić information content (AvgIpc) is 3.27. The van der Waals surface area contributed by atoms with Gasteiger partial charge in [-0.25, -0.2) is 0 Å². The first-order valence-corrected chi connectivity index (χ1v) is 17.1. The number of allylic oxidation sites excluding steroid dienone is 1. The topological polar surface area (TPSA) is 75.1 Å². The Bertz CT molecular complexity index is 924. The van der Waals surface area contributed by atoms with Gasteiger partial charge in [0.15, 0.2) is 0 Å². The number of carbonyl (C=O) groups is 1. The van der Waals surface area contributed by atoms with Gasteiger partial charge in [0, 0.05) is 24.3 Å². The van der Waals surface area contributed by atoms with Crippen molar-refractivity contribution in [3.8, 4) is 0 Å². The summed E-state index contributed by atoms with van der Waals surface area (Å²) in [6.45, 7) is 13.1. The zero-order chi connectivity index (χ0) is 28.8. The third-order valence-electron chi connectivity index (χ3n) is 12.3. The Balaban J connectivity index is 1.27. The van der Waals surface area contributed by atoms with Gasteiger partial charge in [-0.15, -0.1) is 0 Å². The monoisotopic (exact) mass is 553 g/mol. The van der Waals surface area contributed by atoms with Crippen LogP contribution >= 0.6 is 0 Å². The molecule has 3 saturated carbocycles. The molecule has 0 aromatic heterocycles. The molecule has 8 atom stereocenters. The largest absolute Gasteiger partial charge is 0.462 e.